The van der Waals surface area contributed by atoms with Gasteiger partial charge in [0.2, 0.25) is 5.91 Å². The molecule has 0 saturated carbocycles. The maximum atomic E-state index is 12.1. The van der Waals surface area contributed by atoms with Crippen molar-refractivity contribution in [2.75, 3.05) is 26.3 Å². The van der Waals surface area contributed by atoms with E-state index in [0.29, 0.717) is 44.2 Å². The Balaban J connectivity index is 1.69. The van der Waals surface area contributed by atoms with E-state index in [1.54, 1.807) is 13.0 Å². The third kappa shape index (κ3) is 5.35. The van der Waals surface area contributed by atoms with E-state index in [9.17, 15) is 9.59 Å². The fourth-order valence-corrected chi connectivity index (χ4v) is 2.63. The van der Waals surface area contributed by atoms with Crippen molar-refractivity contribution in [1.82, 2.24) is 15.4 Å². The molecule has 1 saturated heterocycles. The standard InChI is InChI=1S/C16H25N3O4/c1-3-22-10-4-5-15(20)19-8-6-13(7-9-19)17-16(21)14-11-12(2)23-18-14/h11,13H,3-10H2,1-2H3,(H,17,21). The van der Waals surface area contributed by atoms with E-state index in [4.69, 9.17) is 9.26 Å². The van der Waals surface area contributed by atoms with Gasteiger partial charge in [-0.15, -0.1) is 0 Å². The van der Waals surface area contributed by atoms with Crippen molar-refractivity contribution in [3.8, 4) is 0 Å². The molecule has 1 aromatic heterocycles. The lowest BCUT2D eigenvalue weighted by Crippen LogP contribution is -2.46. The average molecular weight is 323 g/mol. The molecule has 1 N–H and O–H groups in total. The summed E-state index contributed by atoms with van der Waals surface area (Å²) in [5, 5.41) is 6.66. The predicted octanol–water partition coefficient (Wildman–Crippen LogP) is 1.52. The zero-order valence-electron chi connectivity index (χ0n) is 13.8. The molecule has 1 aliphatic rings. The number of hydrogen-bond acceptors (Lipinski definition) is 5. The molecule has 7 heteroatoms. The van der Waals surface area contributed by atoms with E-state index in [1.807, 2.05) is 11.8 Å². The molecule has 1 aromatic rings. The Morgan fingerprint density at radius 3 is 2.78 bits per heavy atom. The summed E-state index contributed by atoms with van der Waals surface area (Å²) >= 11 is 0. The smallest absolute Gasteiger partial charge is 0.273 e. The number of nitrogens with zero attached hydrogens (tertiary/aromatic N) is 2. The van der Waals surface area contributed by atoms with Gasteiger partial charge in [0, 0.05) is 44.8 Å². The van der Waals surface area contributed by atoms with E-state index < -0.39 is 0 Å². The van der Waals surface area contributed by atoms with Crippen molar-refractivity contribution in [2.24, 2.45) is 0 Å². The zero-order valence-corrected chi connectivity index (χ0v) is 13.8. The Bertz CT molecular complexity index is 521. The van der Waals surface area contributed by atoms with Gasteiger partial charge in [-0.1, -0.05) is 5.16 Å². The van der Waals surface area contributed by atoms with Crippen molar-refractivity contribution < 1.29 is 18.8 Å². The number of amides is 2. The minimum absolute atomic E-state index is 0.0759. The minimum atomic E-state index is -0.219. The molecule has 0 atom stereocenters. The van der Waals surface area contributed by atoms with E-state index in [2.05, 4.69) is 10.5 Å². The highest BCUT2D eigenvalue weighted by Gasteiger charge is 2.24. The Morgan fingerprint density at radius 2 is 2.17 bits per heavy atom. The number of aryl methyl sites for hydroxylation is 1. The van der Waals surface area contributed by atoms with E-state index in [0.717, 1.165) is 19.3 Å². The number of carbonyl (C=O) groups is 2. The van der Waals surface area contributed by atoms with Crippen LogP contribution in [0.2, 0.25) is 0 Å². The van der Waals surface area contributed by atoms with Gasteiger partial charge in [-0.2, -0.15) is 0 Å². The third-order valence-electron chi connectivity index (χ3n) is 3.93. The lowest BCUT2D eigenvalue weighted by molar-refractivity contribution is -0.132. The van der Waals surface area contributed by atoms with Crippen molar-refractivity contribution in [3.63, 3.8) is 0 Å². The molecule has 2 amide bonds. The summed E-state index contributed by atoms with van der Waals surface area (Å²) in [6.45, 7) is 6.36. The first kappa shape index (κ1) is 17.5. The van der Waals surface area contributed by atoms with Gasteiger partial charge in [-0.3, -0.25) is 9.59 Å². The van der Waals surface area contributed by atoms with Gasteiger partial charge in [0.15, 0.2) is 5.69 Å². The van der Waals surface area contributed by atoms with Crippen molar-refractivity contribution in [3.05, 3.63) is 17.5 Å². The lowest BCUT2D eigenvalue weighted by atomic mass is 10.0. The highest BCUT2D eigenvalue weighted by atomic mass is 16.5. The van der Waals surface area contributed by atoms with Crippen molar-refractivity contribution in [1.29, 1.82) is 0 Å². The quantitative estimate of drug-likeness (QED) is 0.769. The van der Waals surface area contributed by atoms with Gasteiger partial charge < -0.3 is 19.5 Å². The molecule has 0 aromatic carbocycles. The van der Waals surface area contributed by atoms with E-state index in [1.165, 1.54) is 0 Å². The van der Waals surface area contributed by atoms with Gasteiger partial charge in [0.05, 0.1) is 0 Å². The van der Waals surface area contributed by atoms with Crippen molar-refractivity contribution >= 4 is 11.8 Å². The van der Waals surface area contributed by atoms with Crippen LogP contribution in [0.3, 0.4) is 0 Å². The summed E-state index contributed by atoms with van der Waals surface area (Å²) < 4.78 is 10.1. The average Bonchev–Trinajstić information content (AvgIpc) is 2.99. The van der Waals surface area contributed by atoms with Crippen LogP contribution < -0.4 is 5.32 Å². The van der Waals surface area contributed by atoms with Gasteiger partial charge in [-0.05, 0) is 33.1 Å². The fourth-order valence-electron chi connectivity index (χ4n) is 2.63. The van der Waals surface area contributed by atoms with Gasteiger partial charge in [0.25, 0.3) is 5.91 Å². The predicted molar refractivity (Wildman–Crippen MR) is 84.0 cm³/mol. The number of likely N-dealkylation sites (tertiary alicyclic amines) is 1. The number of carbonyl (C=O) groups excluding carboxylic acids is 2. The Morgan fingerprint density at radius 1 is 1.43 bits per heavy atom. The summed E-state index contributed by atoms with van der Waals surface area (Å²) in [6.07, 6.45) is 2.81. The van der Waals surface area contributed by atoms with Gasteiger partial charge >= 0.3 is 0 Å². The summed E-state index contributed by atoms with van der Waals surface area (Å²) in [7, 11) is 0. The first-order chi connectivity index (χ1) is 11.1. The summed E-state index contributed by atoms with van der Waals surface area (Å²) in [4.78, 5) is 26.0. The minimum Gasteiger partial charge on any atom is -0.382 e. The monoisotopic (exact) mass is 323 g/mol. The lowest BCUT2D eigenvalue weighted by Gasteiger charge is -2.32. The van der Waals surface area contributed by atoms with E-state index >= 15 is 0 Å². The third-order valence-corrected chi connectivity index (χ3v) is 3.93. The molecular formula is C16H25N3O4. The molecule has 23 heavy (non-hydrogen) atoms. The first-order valence-electron chi connectivity index (χ1n) is 8.20. The number of ether oxygens (including phenoxy) is 1. The SMILES string of the molecule is CCOCCCC(=O)N1CCC(NC(=O)c2cc(C)on2)CC1. The maximum absolute atomic E-state index is 12.1. The number of hydrogen-bond donors (Lipinski definition) is 1. The summed E-state index contributed by atoms with van der Waals surface area (Å²) in [6, 6.07) is 1.69. The Labute approximate surface area is 136 Å². The van der Waals surface area contributed by atoms with Gasteiger partial charge in [0.1, 0.15) is 5.76 Å². The second-order valence-electron chi connectivity index (χ2n) is 5.75. The molecule has 0 unspecified atom stereocenters. The molecule has 0 bridgehead atoms. The molecule has 2 rings (SSSR count). The van der Waals surface area contributed by atoms with Crippen molar-refractivity contribution in [2.45, 2.75) is 45.6 Å². The second-order valence-corrected chi connectivity index (χ2v) is 5.75. The van der Waals surface area contributed by atoms with Crippen LogP contribution in [0.1, 0.15) is 48.9 Å². The molecule has 128 valence electrons. The molecular weight excluding hydrogens is 298 g/mol. The molecule has 0 spiro atoms. The normalized spacial score (nSPS) is 15.7. The van der Waals surface area contributed by atoms with Crippen LogP contribution in [0, 0.1) is 6.92 Å². The number of aromatic nitrogens is 1. The molecule has 7 nitrogen and oxygen atoms in total. The molecule has 0 aliphatic carbocycles. The summed E-state index contributed by atoms with van der Waals surface area (Å²) in [5.41, 5.74) is 0.303. The second kappa shape index (κ2) is 8.67. The molecule has 0 radical (unpaired) electrons. The van der Waals surface area contributed by atoms with Crippen LogP contribution in [0.5, 0.6) is 0 Å². The summed E-state index contributed by atoms with van der Waals surface area (Å²) in [5.74, 6) is 0.563. The van der Waals surface area contributed by atoms with Crippen LogP contribution in [0.25, 0.3) is 0 Å². The van der Waals surface area contributed by atoms with Crippen LogP contribution in [-0.2, 0) is 9.53 Å². The highest BCUT2D eigenvalue weighted by molar-refractivity contribution is 5.92. The first-order valence-corrected chi connectivity index (χ1v) is 8.20. The topological polar surface area (TPSA) is 84.7 Å². The number of rotatable bonds is 7. The fraction of sp³-hybridized carbons (Fsp3) is 0.688. The number of piperidine rings is 1. The van der Waals surface area contributed by atoms with Gasteiger partial charge in [-0.25, -0.2) is 0 Å². The van der Waals surface area contributed by atoms with Crippen LogP contribution in [0.15, 0.2) is 10.6 Å². The zero-order chi connectivity index (χ0) is 16.7. The van der Waals surface area contributed by atoms with Crippen LogP contribution in [0.4, 0.5) is 0 Å². The van der Waals surface area contributed by atoms with E-state index in [-0.39, 0.29) is 17.9 Å². The Kier molecular flexibility index (Phi) is 6.58. The van der Waals surface area contributed by atoms with Crippen LogP contribution >= 0.6 is 0 Å². The van der Waals surface area contributed by atoms with Crippen LogP contribution in [-0.4, -0.2) is 54.2 Å². The molecule has 1 aliphatic heterocycles. The Hall–Kier alpha value is -1.89. The number of nitrogens with one attached hydrogen (secondary N) is 1. The molecule has 2 heterocycles. The highest BCUT2D eigenvalue weighted by Crippen LogP contribution is 2.13. The molecule has 1 fully saturated rings. The largest absolute Gasteiger partial charge is 0.382 e. The maximum Gasteiger partial charge on any atom is 0.273 e.